The molecule has 2 rings (SSSR count). The van der Waals surface area contributed by atoms with Crippen LogP contribution in [0.15, 0.2) is 46.9 Å². The number of rotatable bonds is 3. The third kappa shape index (κ3) is 3.32. The van der Waals surface area contributed by atoms with Crippen molar-refractivity contribution < 1.29 is 9.18 Å². The number of hydrogen-bond donors (Lipinski definition) is 2. The Morgan fingerprint density at radius 1 is 1.26 bits per heavy atom. The summed E-state index contributed by atoms with van der Waals surface area (Å²) in [5.41, 5.74) is 6.91. The summed E-state index contributed by atoms with van der Waals surface area (Å²) in [6.07, 6.45) is 0. The maximum Gasteiger partial charge on any atom is 0.253 e. The molecule has 98 valence electrons. The van der Waals surface area contributed by atoms with Crippen LogP contribution >= 0.6 is 15.9 Å². The summed E-state index contributed by atoms with van der Waals surface area (Å²) >= 11 is 3.18. The molecule has 0 aromatic heterocycles. The highest BCUT2D eigenvalue weighted by Gasteiger charge is 2.09. The Morgan fingerprint density at radius 3 is 2.68 bits per heavy atom. The van der Waals surface area contributed by atoms with E-state index in [0.717, 1.165) is 0 Å². The zero-order valence-electron chi connectivity index (χ0n) is 9.99. The number of benzene rings is 2. The SMILES string of the molecule is Nc1ccccc1C(=O)NCc1ccc(Br)cc1F. The third-order valence-corrected chi connectivity index (χ3v) is 3.15. The second-order valence-electron chi connectivity index (χ2n) is 4.01. The Kier molecular flexibility index (Phi) is 4.16. The van der Waals surface area contributed by atoms with Gasteiger partial charge in [-0.15, -0.1) is 0 Å². The number of hydrogen-bond acceptors (Lipinski definition) is 2. The van der Waals surface area contributed by atoms with Gasteiger partial charge in [-0.3, -0.25) is 4.79 Å². The van der Waals surface area contributed by atoms with E-state index in [0.29, 0.717) is 21.3 Å². The van der Waals surface area contributed by atoms with E-state index in [2.05, 4.69) is 21.2 Å². The summed E-state index contributed by atoms with van der Waals surface area (Å²) in [4.78, 5) is 11.9. The number of nitrogens with one attached hydrogen (secondary N) is 1. The fraction of sp³-hybridized carbons (Fsp3) is 0.0714. The average Bonchev–Trinajstić information content (AvgIpc) is 2.38. The van der Waals surface area contributed by atoms with Gasteiger partial charge in [0.25, 0.3) is 5.91 Å². The molecule has 0 aliphatic carbocycles. The van der Waals surface area contributed by atoms with Crippen LogP contribution in [0.25, 0.3) is 0 Å². The summed E-state index contributed by atoms with van der Waals surface area (Å²) in [6.45, 7) is 0.117. The molecule has 0 aliphatic rings. The summed E-state index contributed by atoms with van der Waals surface area (Å²) in [5.74, 6) is -0.684. The maximum atomic E-state index is 13.6. The van der Waals surface area contributed by atoms with Crippen molar-refractivity contribution in [2.24, 2.45) is 0 Å². The molecule has 0 radical (unpaired) electrons. The fourth-order valence-electron chi connectivity index (χ4n) is 1.64. The lowest BCUT2D eigenvalue weighted by atomic mass is 10.1. The summed E-state index contributed by atoms with van der Waals surface area (Å²) < 4.78 is 14.2. The van der Waals surface area contributed by atoms with Gasteiger partial charge in [-0.25, -0.2) is 4.39 Å². The van der Waals surface area contributed by atoms with E-state index in [4.69, 9.17) is 5.73 Å². The van der Waals surface area contributed by atoms with Gasteiger partial charge in [-0.1, -0.05) is 34.1 Å². The first-order valence-corrected chi connectivity index (χ1v) is 6.44. The van der Waals surface area contributed by atoms with Crippen LogP contribution in [0, 0.1) is 5.82 Å². The van der Waals surface area contributed by atoms with E-state index < -0.39 is 0 Å². The van der Waals surface area contributed by atoms with Crippen molar-refractivity contribution in [1.82, 2.24) is 5.32 Å². The number of halogens is 2. The van der Waals surface area contributed by atoms with Crippen LogP contribution in [-0.4, -0.2) is 5.91 Å². The van der Waals surface area contributed by atoms with E-state index >= 15 is 0 Å². The zero-order chi connectivity index (χ0) is 13.8. The molecule has 19 heavy (non-hydrogen) atoms. The minimum atomic E-state index is -0.365. The van der Waals surface area contributed by atoms with Crippen LogP contribution in [-0.2, 0) is 6.54 Å². The van der Waals surface area contributed by atoms with Crippen molar-refractivity contribution in [3.63, 3.8) is 0 Å². The molecule has 0 atom stereocenters. The van der Waals surface area contributed by atoms with Gasteiger partial charge in [0.15, 0.2) is 0 Å². The van der Waals surface area contributed by atoms with Crippen LogP contribution in [0.1, 0.15) is 15.9 Å². The number of carbonyl (C=O) groups excluding carboxylic acids is 1. The van der Waals surface area contributed by atoms with Crippen LogP contribution in [0.4, 0.5) is 10.1 Å². The summed E-state index contributed by atoms with van der Waals surface area (Å²) in [5, 5.41) is 2.64. The molecular formula is C14H12BrFN2O. The minimum Gasteiger partial charge on any atom is -0.398 e. The molecule has 5 heteroatoms. The minimum absolute atomic E-state index is 0.117. The van der Waals surface area contributed by atoms with Crippen LogP contribution in [0.5, 0.6) is 0 Å². The molecular weight excluding hydrogens is 311 g/mol. The Balaban J connectivity index is 2.07. The topological polar surface area (TPSA) is 55.1 Å². The van der Waals surface area contributed by atoms with Crippen molar-refractivity contribution >= 4 is 27.5 Å². The zero-order valence-corrected chi connectivity index (χ0v) is 11.6. The largest absolute Gasteiger partial charge is 0.398 e. The van der Waals surface area contributed by atoms with Gasteiger partial charge in [-0.2, -0.15) is 0 Å². The quantitative estimate of drug-likeness (QED) is 0.853. The molecule has 0 aliphatic heterocycles. The molecule has 0 unspecified atom stereocenters. The summed E-state index contributed by atoms with van der Waals surface area (Å²) in [7, 11) is 0. The van der Waals surface area contributed by atoms with E-state index in [9.17, 15) is 9.18 Å². The molecule has 0 bridgehead atoms. The molecule has 0 saturated heterocycles. The van der Waals surface area contributed by atoms with Crippen LogP contribution in [0.2, 0.25) is 0 Å². The highest BCUT2D eigenvalue weighted by atomic mass is 79.9. The predicted octanol–water partition coefficient (Wildman–Crippen LogP) is 3.10. The van der Waals surface area contributed by atoms with E-state index in [1.54, 1.807) is 36.4 Å². The highest BCUT2D eigenvalue weighted by Crippen LogP contribution is 2.15. The molecule has 0 spiro atoms. The number of nitrogen functional groups attached to an aromatic ring is 1. The first kappa shape index (κ1) is 13.5. The number of nitrogens with two attached hydrogens (primary N) is 1. The third-order valence-electron chi connectivity index (χ3n) is 2.66. The highest BCUT2D eigenvalue weighted by molar-refractivity contribution is 9.10. The van der Waals surface area contributed by atoms with Gasteiger partial charge in [0, 0.05) is 22.3 Å². The summed E-state index contributed by atoms with van der Waals surface area (Å²) in [6, 6.07) is 11.5. The lowest BCUT2D eigenvalue weighted by Crippen LogP contribution is -2.24. The number of amides is 1. The van der Waals surface area contributed by atoms with Gasteiger partial charge >= 0.3 is 0 Å². The molecule has 0 fully saturated rings. The molecule has 3 nitrogen and oxygen atoms in total. The first-order chi connectivity index (χ1) is 9.08. The average molecular weight is 323 g/mol. The Bertz CT molecular complexity index is 616. The van der Waals surface area contributed by atoms with Crippen molar-refractivity contribution in [3.8, 4) is 0 Å². The molecule has 0 heterocycles. The maximum absolute atomic E-state index is 13.6. The molecule has 1 amide bonds. The smallest absolute Gasteiger partial charge is 0.253 e. The van der Waals surface area contributed by atoms with Gasteiger partial charge in [0.2, 0.25) is 0 Å². The van der Waals surface area contributed by atoms with Gasteiger partial charge < -0.3 is 11.1 Å². The van der Waals surface area contributed by atoms with Gasteiger partial charge in [0.05, 0.1) is 5.56 Å². The second-order valence-corrected chi connectivity index (χ2v) is 4.92. The second kappa shape index (κ2) is 5.84. The van der Waals surface area contributed by atoms with E-state index in [1.807, 2.05) is 0 Å². The van der Waals surface area contributed by atoms with E-state index in [1.165, 1.54) is 6.07 Å². The normalized spacial score (nSPS) is 10.2. The predicted molar refractivity (Wildman–Crippen MR) is 76.1 cm³/mol. The molecule has 2 aromatic rings. The van der Waals surface area contributed by atoms with Crippen LogP contribution < -0.4 is 11.1 Å². The van der Waals surface area contributed by atoms with E-state index in [-0.39, 0.29) is 18.3 Å². The Hall–Kier alpha value is -1.88. The van der Waals surface area contributed by atoms with Crippen molar-refractivity contribution in [2.75, 3.05) is 5.73 Å². The number of anilines is 1. The monoisotopic (exact) mass is 322 g/mol. The fourth-order valence-corrected chi connectivity index (χ4v) is 1.97. The number of carbonyl (C=O) groups is 1. The lowest BCUT2D eigenvalue weighted by molar-refractivity contribution is 0.0951. The standard InChI is InChI=1S/C14H12BrFN2O/c15-10-6-5-9(12(16)7-10)8-18-14(19)11-3-1-2-4-13(11)17/h1-7H,8,17H2,(H,18,19). The first-order valence-electron chi connectivity index (χ1n) is 5.64. The van der Waals surface area contributed by atoms with Crippen molar-refractivity contribution in [3.05, 3.63) is 63.9 Å². The van der Waals surface area contributed by atoms with Gasteiger partial charge in [0.1, 0.15) is 5.82 Å². The molecule has 2 aromatic carbocycles. The van der Waals surface area contributed by atoms with Crippen LogP contribution in [0.3, 0.4) is 0 Å². The molecule has 3 N–H and O–H groups in total. The molecule has 0 saturated carbocycles. The Morgan fingerprint density at radius 2 is 2.00 bits per heavy atom. The number of para-hydroxylation sites is 1. The van der Waals surface area contributed by atoms with Crippen molar-refractivity contribution in [2.45, 2.75) is 6.54 Å². The lowest BCUT2D eigenvalue weighted by Gasteiger charge is -2.08. The Labute approximate surface area is 118 Å². The van der Waals surface area contributed by atoms with Gasteiger partial charge in [-0.05, 0) is 24.3 Å². The van der Waals surface area contributed by atoms with Crippen molar-refractivity contribution in [1.29, 1.82) is 0 Å².